The monoisotopic (exact) mass is 188 g/mol. The van der Waals surface area contributed by atoms with Gasteiger partial charge in [0.15, 0.2) is 0 Å². The van der Waals surface area contributed by atoms with E-state index >= 15 is 0 Å². The van der Waals surface area contributed by atoms with E-state index in [1.165, 1.54) is 18.1 Å². The predicted molar refractivity (Wildman–Crippen MR) is 51.6 cm³/mol. The summed E-state index contributed by atoms with van der Waals surface area (Å²) in [5.41, 5.74) is 0. The molecule has 0 aromatic heterocycles. The second kappa shape index (κ2) is 3.96. The smallest absolute Gasteiger partial charge is 0.0597 e. The third kappa shape index (κ3) is 1.76. The van der Waals surface area contributed by atoms with Gasteiger partial charge in [-0.05, 0) is 0 Å². The molecule has 0 aromatic rings. The molecule has 2 atom stereocenters. The lowest BCUT2D eigenvalue weighted by atomic mass is 10.1. The Kier molecular flexibility index (Phi) is 2.91. The van der Waals surface area contributed by atoms with Crippen LogP contribution in [0.1, 0.15) is 0 Å². The molecule has 2 N–H and O–H groups in total. The number of hydrogen-bond acceptors (Lipinski definition) is 4. The maximum atomic E-state index is 8.99. The van der Waals surface area contributed by atoms with E-state index in [4.69, 9.17) is 5.11 Å². The molecule has 2 heterocycles. The Morgan fingerprint density at radius 3 is 3.33 bits per heavy atom. The van der Waals surface area contributed by atoms with Crippen LogP contribution in [0.3, 0.4) is 0 Å². The molecule has 3 nitrogen and oxygen atoms in total. The minimum Gasteiger partial charge on any atom is -0.395 e. The van der Waals surface area contributed by atoms with E-state index in [1.807, 2.05) is 11.8 Å². The molecule has 70 valence electrons. The fraction of sp³-hybridized carbons (Fsp3) is 1.00. The molecule has 0 radical (unpaired) electrons. The normalized spacial score (nSPS) is 37.8. The van der Waals surface area contributed by atoms with E-state index in [9.17, 15) is 0 Å². The van der Waals surface area contributed by atoms with Crippen molar-refractivity contribution in [3.63, 3.8) is 0 Å². The van der Waals surface area contributed by atoms with Gasteiger partial charge in [-0.1, -0.05) is 0 Å². The van der Waals surface area contributed by atoms with Crippen molar-refractivity contribution in [2.24, 2.45) is 0 Å². The van der Waals surface area contributed by atoms with Gasteiger partial charge in [0.25, 0.3) is 0 Å². The van der Waals surface area contributed by atoms with Gasteiger partial charge in [0.05, 0.1) is 6.61 Å². The zero-order valence-electron chi connectivity index (χ0n) is 7.20. The number of aliphatic hydroxyl groups excluding tert-OH is 1. The first kappa shape index (κ1) is 8.81. The number of nitrogens with one attached hydrogen (secondary N) is 1. The summed E-state index contributed by atoms with van der Waals surface area (Å²) >= 11 is 2.05. The lowest BCUT2D eigenvalue weighted by molar-refractivity contribution is 0.114. The molecule has 0 bridgehead atoms. The topological polar surface area (TPSA) is 35.5 Å². The van der Waals surface area contributed by atoms with E-state index in [2.05, 4.69) is 10.2 Å². The van der Waals surface area contributed by atoms with Crippen LogP contribution in [0.5, 0.6) is 0 Å². The molecule has 0 amide bonds. The summed E-state index contributed by atoms with van der Waals surface area (Å²) in [6.45, 7) is 3.56. The van der Waals surface area contributed by atoms with Crippen LogP contribution in [0.2, 0.25) is 0 Å². The third-order valence-electron chi connectivity index (χ3n) is 2.67. The van der Waals surface area contributed by atoms with Crippen LogP contribution in [0, 0.1) is 0 Å². The SMILES string of the molecule is OC[C@@H]1CN2CCSCC2CN1. The van der Waals surface area contributed by atoms with Gasteiger partial charge < -0.3 is 10.4 Å². The first-order valence-electron chi connectivity index (χ1n) is 4.56. The zero-order valence-corrected chi connectivity index (χ0v) is 8.02. The van der Waals surface area contributed by atoms with Crippen LogP contribution < -0.4 is 5.32 Å². The molecule has 2 aliphatic rings. The highest BCUT2D eigenvalue weighted by Crippen LogP contribution is 2.18. The van der Waals surface area contributed by atoms with Gasteiger partial charge in [-0.15, -0.1) is 0 Å². The van der Waals surface area contributed by atoms with Crippen molar-refractivity contribution in [2.45, 2.75) is 12.1 Å². The molecule has 2 aliphatic heterocycles. The maximum absolute atomic E-state index is 8.99. The number of thioether (sulfide) groups is 1. The zero-order chi connectivity index (χ0) is 8.39. The Labute approximate surface area is 77.5 Å². The van der Waals surface area contributed by atoms with Crippen molar-refractivity contribution in [1.29, 1.82) is 0 Å². The quantitative estimate of drug-likeness (QED) is 0.574. The average molecular weight is 188 g/mol. The second-order valence-electron chi connectivity index (χ2n) is 3.51. The highest BCUT2D eigenvalue weighted by molar-refractivity contribution is 7.99. The van der Waals surface area contributed by atoms with Crippen molar-refractivity contribution >= 4 is 11.8 Å². The molecular weight excluding hydrogens is 172 g/mol. The fourth-order valence-corrected chi connectivity index (χ4v) is 3.02. The Morgan fingerprint density at radius 2 is 2.50 bits per heavy atom. The highest BCUT2D eigenvalue weighted by Gasteiger charge is 2.29. The van der Waals surface area contributed by atoms with E-state index in [0.29, 0.717) is 12.1 Å². The molecule has 2 fully saturated rings. The van der Waals surface area contributed by atoms with Crippen molar-refractivity contribution < 1.29 is 5.11 Å². The summed E-state index contributed by atoms with van der Waals surface area (Å²) in [5, 5.41) is 12.3. The van der Waals surface area contributed by atoms with Crippen LogP contribution in [-0.2, 0) is 0 Å². The van der Waals surface area contributed by atoms with E-state index in [1.54, 1.807) is 0 Å². The predicted octanol–water partition coefficient (Wildman–Crippen LogP) is -0.632. The maximum Gasteiger partial charge on any atom is 0.0597 e. The average Bonchev–Trinajstić information content (AvgIpc) is 2.17. The summed E-state index contributed by atoms with van der Waals surface area (Å²) in [6.07, 6.45) is 0. The second-order valence-corrected chi connectivity index (χ2v) is 4.66. The number of hydrogen-bond donors (Lipinski definition) is 2. The van der Waals surface area contributed by atoms with Gasteiger partial charge in [0, 0.05) is 43.2 Å². The van der Waals surface area contributed by atoms with Gasteiger partial charge >= 0.3 is 0 Å². The highest BCUT2D eigenvalue weighted by atomic mass is 32.2. The summed E-state index contributed by atoms with van der Waals surface area (Å²) in [6, 6.07) is 1.02. The lowest BCUT2D eigenvalue weighted by Crippen LogP contribution is -2.60. The molecule has 2 saturated heterocycles. The number of nitrogens with zero attached hydrogens (tertiary/aromatic N) is 1. The first-order chi connectivity index (χ1) is 5.90. The molecule has 2 rings (SSSR count). The summed E-state index contributed by atoms with van der Waals surface area (Å²) in [4.78, 5) is 2.51. The number of fused-ring (bicyclic) bond motifs is 1. The summed E-state index contributed by atoms with van der Waals surface area (Å²) in [7, 11) is 0. The van der Waals surface area contributed by atoms with E-state index < -0.39 is 0 Å². The molecule has 12 heavy (non-hydrogen) atoms. The van der Waals surface area contributed by atoms with Gasteiger partial charge in [0.1, 0.15) is 0 Å². The standard InChI is InChI=1S/C8H16N2OS/c11-5-7-4-10-1-2-12-6-8(10)3-9-7/h7-9,11H,1-6H2/t7-,8?/m0/s1. The van der Waals surface area contributed by atoms with Crippen molar-refractivity contribution in [1.82, 2.24) is 10.2 Å². The van der Waals surface area contributed by atoms with Crippen molar-refractivity contribution in [3.8, 4) is 0 Å². The Morgan fingerprint density at radius 1 is 1.58 bits per heavy atom. The Hall–Kier alpha value is 0.230. The minimum atomic E-state index is 0.274. The first-order valence-corrected chi connectivity index (χ1v) is 5.71. The largest absolute Gasteiger partial charge is 0.395 e. The molecule has 4 heteroatoms. The van der Waals surface area contributed by atoms with Gasteiger partial charge in [0.2, 0.25) is 0 Å². The Bertz CT molecular complexity index is 156. The van der Waals surface area contributed by atoms with Crippen LogP contribution >= 0.6 is 11.8 Å². The number of piperazine rings is 1. The fourth-order valence-electron chi connectivity index (χ4n) is 1.89. The van der Waals surface area contributed by atoms with Gasteiger partial charge in [-0.25, -0.2) is 0 Å². The summed E-state index contributed by atoms with van der Waals surface area (Å²) < 4.78 is 0. The molecule has 1 unspecified atom stereocenters. The lowest BCUT2D eigenvalue weighted by Gasteiger charge is -2.42. The van der Waals surface area contributed by atoms with Crippen molar-refractivity contribution in [3.05, 3.63) is 0 Å². The minimum absolute atomic E-state index is 0.274. The van der Waals surface area contributed by atoms with Crippen LogP contribution in [0.25, 0.3) is 0 Å². The van der Waals surface area contributed by atoms with Crippen LogP contribution in [0.4, 0.5) is 0 Å². The van der Waals surface area contributed by atoms with E-state index in [0.717, 1.165) is 13.1 Å². The molecular formula is C8H16N2OS. The van der Waals surface area contributed by atoms with Crippen molar-refractivity contribution in [2.75, 3.05) is 37.7 Å². The third-order valence-corrected chi connectivity index (χ3v) is 3.76. The van der Waals surface area contributed by atoms with E-state index in [-0.39, 0.29) is 6.61 Å². The molecule has 0 spiro atoms. The Balaban J connectivity index is 1.90. The number of rotatable bonds is 1. The summed E-state index contributed by atoms with van der Waals surface area (Å²) in [5.74, 6) is 2.51. The van der Waals surface area contributed by atoms with Crippen LogP contribution in [-0.4, -0.2) is 59.8 Å². The molecule has 0 aromatic carbocycles. The number of aliphatic hydroxyl groups is 1. The molecule has 0 saturated carbocycles. The van der Waals surface area contributed by atoms with Crippen LogP contribution in [0.15, 0.2) is 0 Å². The molecule has 0 aliphatic carbocycles. The van der Waals surface area contributed by atoms with Gasteiger partial charge in [-0.2, -0.15) is 11.8 Å². The van der Waals surface area contributed by atoms with Gasteiger partial charge in [-0.3, -0.25) is 4.90 Å².